The average molecular weight is 289 g/mol. The van der Waals surface area contributed by atoms with Gasteiger partial charge in [0.25, 0.3) is 0 Å². The molecular weight excluding hydrogens is 274 g/mol. The molecule has 0 saturated heterocycles. The molecule has 2 N–H and O–H groups in total. The molecule has 2 aromatic heterocycles. The lowest BCUT2D eigenvalue weighted by molar-refractivity contribution is 0.758. The highest BCUT2D eigenvalue weighted by Gasteiger charge is 2.16. The molecule has 108 valence electrons. The van der Waals surface area contributed by atoms with Crippen molar-refractivity contribution in [1.82, 2.24) is 20.3 Å². The monoisotopic (exact) mass is 289 g/mol. The third-order valence-electron chi connectivity index (χ3n) is 3.79. The van der Waals surface area contributed by atoms with E-state index in [9.17, 15) is 0 Å². The van der Waals surface area contributed by atoms with Crippen LogP contribution < -0.4 is 10.6 Å². The highest BCUT2D eigenvalue weighted by atomic mass is 15.1. The Labute approximate surface area is 128 Å². The Hall–Kier alpha value is -2.79. The standard InChI is InChI=1S/C17H15N5/c1-3-14(4-2-12(1)13-5-7-18-8-6-13)22-17-15-9-19-10-16(15)20-11-21-17/h1-8,11,19H,9-10H2,(H,20,21,22). The first-order valence-corrected chi connectivity index (χ1v) is 7.21. The quantitative estimate of drug-likeness (QED) is 0.776. The van der Waals surface area contributed by atoms with Crippen LogP contribution in [0.1, 0.15) is 11.3 Å². The van der Waals surface area contributed by atoms with Gasteiger partial charge in [-0.1, -0.05) is 12.1 Å². The van der Waals surface area contributed by atoms with E-state index < -0.39 is 0 Å². The van der Waals surface area contributed by atoms with Gasteiger partial charge in [-0.2, -0.15) is 0 Å². The Kier molecular flexibility index (Phi) is 3.25. The molecule has 0 radical (unpaired) electrons. The van der Waals surface area contributed by atoms with Gasteiger partial charge in [-0.25, -0.2) is 9.97 Å². The average Bonchev–Trinajstić information content (AvgIpc) is 3.06. The minimum atomic E-state index is 0.813. The molecule has 22 heavy (non-hydrogen) atoms. The fourth-order valence-corrected chi connectivity index (χ4v) is 2.63. The smallest absolute Gasteiger partial charge is 0.138 e. The number of rotatable bonds is 3. The maximum absolute atomic E-state index is 4.36. The van der Waals surface area contributed by atoms with Crippen molar-refractivity contribution < 1.29 is 0 Å². The Balaban J connectivity index is 1.59. The van der Waals surface area contributed by atoms with Crippen molar-refractivity contribution in [2.24, 2.45) is 0 Å². The van der Waals surface area contributed by atoms with Gasteiger partial charge in [-0.15, -0.1) is 0 Å². The van der Waals surface area contributed by atoms with Crippen molar-refractivity contribution in [3.05, 3.63) is 66.4 Å². The van der Waals surface area contributed by atoms with Gasteiger partial charge in [0.2, 0.25) is 0 Å². The summed E-state index contributed by atoms with van der Waals surface area (Å²) in [5, 5.41) is 6.68. The molecule has 3 aromatic rings. The largest absolute Gasteiger partial charge is 0.340 e. The van der Waals surface area contributed by atoms with Gasteiger partial charge in [0, 0.05) is 36.7 Å². The van der Waals surface area contributed by atoms with Crippen molar-refractivity contribution >= 4 is 11.5 Å². The molecule has 5 nitrogen and oxygen atoms in total. The van der Waals surface area contributed by atoms with Gasteiger partial charge in [-0.3, -0.25) is 4.98 Å². The maximum Gasteiger partial charge on any atom is 0.138 e. The van der Waals surface area contributed by atoms with E-state index in [0.717, 1.165) is 41.4 Å². The fourth-order valence-electron chi connectivity index (χ4n) is 2.63. The molecule has 0 saturated carbocycles. The van der Waals surface area contributed by atoms with Gasteiger partial charge >= 0.3 is 0 Å². The van der Waals surface area contributed by atoms with Crippen LogP contribution in [0.15, 0.2) is 55.1 Å². The van der Waals surface area contributed by atoms with Crippen LogP contribution in [0.3, 0.4) is 0 Å². The molecule has 1 aliphatic heterocycles. The van der Waals surface area contributed by atoms with Crippen LogP contribution in [-0.4, -0.2) is 15.0 Å². The molecule has 1 aromatic carbocycles. The number of fused-ring (bicyclic) bond motifs is 1. The lowest BCUT2D eigenvalue weighted by atomic mass is 10.1. The molecule has 3 heterocycles. The second-order valence-corrected chi connectivity index (χ2v) is 5.19. The van der Waals surface area contributed by atoms with Gasteiger partial charge < -0.3 is 10.6 Å². The van der Waals surface area contributed by atoms with Crippen molar-refractivity contribution in [2.75, 3.05) is 5.32 Å². The number of anilines is 2. The van der Waals surface area contributed by atoms with E-state index >= 15 is 0 Å². The van der Waals surface area contributed by atoms with Gasteiger partial charge in [0.1, 0.15) is 12.1 Å². The molecular formula is C17H15N5. The van der Waals surface area contributed by atoms with Crippen LogP contribution >= 0.6 is 0 Å². The zero-order valence-electron chi connectivity index (χ0n) is 12.0. The maximum atomic E-state index is 4.36. The topological polar surface area (TPSA) is 62.7 Å². The van der Waals surface area contributed by atoms with E-state index in [4.69, 9.17) is 0 Å². The fraction of sp³-hybridized carbons (Fsp3) is 0.118. The van der Waals surface area contributed by atoms with Crippen LogP contribution in [0, 0.1) is 0 Å². The molecule has 0 bridgehead atoms. The third-order valence-corrected chi connectivity index (χ3v) is 3.79. The van der Waals surface area contributed by atoms with Crippen LogP contribution in [0.4, 0.5) is 11.5 Å². The molecule has 1 aliphatic rings. The second-order valence-electron chi connectivity index (χ2n) is 5.19. The summed E-state index contributed by atoms with van der Waals surface area (Å²) in [6, 6.07) is 12.3. The lowest BCUT2D eigenvalue weighted by Crippen LogP contribution is -2.02. The van der Waals surface area contributed by atoms with Crippen molar-refractivity contribution in [3.63, 3.8) is 0 Å². The minimum absolute atomic E-state index is 0.813. The van der Waals surface area contributed by atoms with Crippen LogP contribution in [0.25, 0.3) is 11.1 Å². The van der Waals surface area contributed by atoms with Crippen molar-refractivity contribution in [2.45, 2.75) is 13.1 Å². The Morgan fingerprint density at radius 3 is 2.45 bits per heavy atom. The van der Waals surface area contributed by atoms with E-state index in [2.05, 4.69) is 49.9 Å². The first-order chi connectivity index (χ1) is 10.9. The van der Waals surface area contributed by atoms with Crippen LogP contribution in [0.5, 0.6) is 0 Å². The van der Waals surface area contributed by atoms with Crippen molar-refractivity contribution in [3.8, 4) is 11.1 Å². The van der Waals surface area contributed by atoms with Gasteiger partial charge in [0.05, 0.1) is 5.69 Å². The zero-order chi connectivity index (χ0) is 14.8. The number of aromatic nitrogens is 3. The summed E-state index contributed by atoms with van der Waals surface area (Å²) in [6.45, 7) is 1.63. The van der Waals surface area contributed by atoms with E-state index in [1.54, 1.807) is 18.7 Å². The molecule has 5 heteroatoms. The van der Waals surface area contributed by atoms with Gasteiger partial charge in [0.15, 0.2) is 0 Å². The first-order valence-electron chi connectivity index (χ1n) is 7.21. The number of pyridine rings is 1. The first kappa shape index (κ1) is 12.9. The summed E-state index contributed by atoms with van der Waals surface area (Å²) < 4.78 is 0. The molecule has 0 spiro atoms. The molecule has 0 amide bonds. The van der Waals surface area contributed by atoms with Crippen LogP contribution in [-0.2, 0) is 13.1 Å². The lowest BCUT2D eigenvalue weighted by Gasteiger charge is -2.10. The second kappa shape index (κ2) is 5.54. The highest BCUT2D eigenvalue weighted by Crippen LogP contribution is 2.25. The molecule has 0 unspecified atom stereocenters. The summed E-state index contributed by atoms with van der Waals surface area (Å²) in [4.78, 5) is 12.7. The van der Waals surface area contributed by atoms with E-state index in [1.165, 1.54) is 5.56 Å². The summed E-state index contributed by atoms with van der Waals surface area (Å²) in [5.41, 5.74) is 5.58. The Bertz CT molecular complexity index is 784. The summed E-state index contributed by atoms with van der Waals surface area (Å²) >= 11 is 0. The SMILES string of the molecule is c1cc(-c2ccc(Nc3ncnc4c3CNC4)cc2)ccn1. The van der Waals surface area contributed by atoms with Crippen molar-refractivity contribution in [1.29, 1.82) is 0 Å². The normalized spacial score (nSPS) is 12.9. The summed E-state index contributed by atoms with van der Waals surface area (Å²) in [7, 11) is 0. The Morgan fingerprint density at radius 1 is 0.864 bits per heavy atom. The number of benzene rings is 1. The van der Waals surface area contributed by atoms with E-state index in [1.807, 2.05) is 12.1 Å². The molecule has 0 atom stereocenters. The Morgan fingerprint density at radius 2 is 1.64 bits per heavy atom. The highest BCUT2D eigenvalue weighted by molar-refractivity contribution is 5.68. The minimum Gasteiger partial charge on any atom is -0.340 e. The third kappa shape index (κ3) is 2.42. The van der Waals surface area contributed by atoms with E-state index in [0.29, 0.717) is 0 Å². The summed E-state index contributed by atoms with van der Waals surface area (Å²) in [5.74, 6) is 0.881. The molecule has 0 fully saturated rings. The predicted molar refractivity (Wildman–Crippen MR) is 85.5 cm³/mol. The predicted octanol–water partition coefficient (Wildman–Crippen LogP) is 2.89. The number of hydrogen-bond acceptors (Lipinski definition) is 5. The number of nitrogens with zero attached hydrogens (tertiary/aromatic N) is 3. The van der Waals surface area contributed by atoms with Gasteiger partial charge in [-0.05, 0) is 35.4 Å². The zero-order valence-corrected chi connectivity index (χ0v) is 12.0. The molecule has 4 rings (SSSR count). The van der Waals surface area contributed by atoms with E-state index in [-0.39, 0.29) is 0 Å². The number of hydrogen-bond donors (Lipinski definition) is 2. The number of nitrogens with one attached hydrogen (secondary N) is 2. The molecule has 0 aliphatic carbocycles. The van der Waals surface area contributed by atoms with Crippen LogP contribution in [0.2, 0.25) is 0 Å². The summed E-state index contributed by atoms with van der Waals surface area (Å²) in [6.07, 6.45) is 5.22.